The molecule has 1 aliphatic carbocycles. The number of nitrogens with zero attached hydrogens (tertiary/aromatic N) is 4. The Kier molecular flexibility index (Phi) is 2.76. The van der Waals surface area contributed by atoms with Crippen LogP contribution in [0.25, 0.3) is 11.0 Å². The first-order valence-corrected chi connectivity index (χ1v) is 7.43. The summed E-state index contributed by atoms with van der Waals surface area (Å²) in [5.74, 6) is 2.69. The molecule has 0 saturated heterocycles. The Balaban J connectivity index is 1.71. The number of aromatic nitrogens is 4. The molecule has 4 nitrogen and oxygen atoms in total. The van der Waals surface area contributed by atoms with Crippen molar-refractivity contribution >= 4 is 22.6 Å². The topological polar surface area (TPSA) is 43.6 Å². The fraction of sp³-hybridized carbons (Fsp3) is 0.312. The molecule has 0 radical (unpaired) electrons. The van der Waals surface area contributed by atoms with E-state index >= 15 is 0 Å². The van der Waals surface area contributed by atoms with Gasteiger partial charge in [-0.2, -0.15) is 0 Å². The SMILES string of the molecule is Cc1nc(Cl)cc([C@@H]2CC2c2nc3ccccc3n2C)n1. The molecule has 1 aromatic carbocycles. The molecule has 3 aromatic rings. The fourth-order valence-electron chi connectivity index (χ4n) is 3.05. The van der Waals surface area contributed by atoms with Crippen LogP contribution in [0.2, 0.25) is 5.15 Å². The maximum atomic E-state index is 6.04. The van der Waals surface area contributed by atoms with Crippen molar-refractivity contribution in [3.8, 4) is 0 Å². The number of hydrogen-bond donors (Lipinski definition) is 0. The first-order chi connectivity index (χ1) is 10.1. The molecule has 2 heterocycles. The predicted molar refractivity (Wildman–Crippen MR) is 82.6 cm³/mol. The summed E-state index contributed by atoms with van der Waals surface area (Å²) >= 11 is 6.04. The molecule has 0 N–H and O–H groups in total. The minimum atomic E-state index is 0.403. The maximum Gasteiger partial charge on any atom is 0.133 e. The predicted octanol–water partition coefficient (Wildman–Crippen LogP) is 3.60. The van der Waals surface area contributed by atoms with Crippen molar-refractivity contribution < 1.29 is 0 Å². The van der Waals surface area contributed by atoms with Gasteiger partial charge in [0.2, 0.25) is 0 Å². The first-order valence-electron chi connectivity index (χ1n) is 7.06. The monoisotopic (exact) mass is 298 g/mol. The molecule has 21 heavy (non-hydrogen) atoms. The minimum Gasteiger partial charge on any atom is -0.331 e. The Labute approximate surface area is 127 Å². The number of benzene rings is 1. The van der Waals surface area contributed by atoms with Crippen LogP contribution in [0, 0.1) is 6.92 Å². The van der Waals surface area contributed by atoms with Gasteiger partial charge in [0, 0.05) is 24.6 Å². The highest BCUT2D eigenvalue weighted by Gasteiger charge is 2.43. The van der Waals surface area contributed by atoms with E-state index in [0.717, 1.165) is 29.3 Å². The summed E-state index contributed by atoms with van der Waals surface area (Å²) in [6.45, 7) is 1.88. The van der Waals surface area contributed by atoms with Crippen molar-refractivity contribution in [3.05, 3.63) is 52.8 Å². The Hall–Kier alpha value is -1.94. The zero-order chi connectivity index (χ0) is 14.6. The second-order valence-corrected chi connectivity index (χ2v) is 6.02. The molecule has 2 aromatic heterocycles. The third-order valence-electron chi connectivity index (χ3n) is 4.15. The van der Waals surface area contributed by atoms with Gasteiger partial charge in [0.25, 0.3) is 0 Å². The van der Waals surface area contributed by atoms with Gasteiger partial charge in [-0.25, -0.2) is 15.0 Å². The molecule has 1 fully saturated rings. The number of imidazole rings is 1. The average Bonchev–Trinajstić information content (AvgIpc) is 3.17. The molecule has 2 atom stereocenters. The minimum absolute atomic E-state index is 0.403. The van der Waals surface area contributed by atoms with Crippen LogP contribution in [0.1, 0.15) is 35.6 Å². The number of hydrogen-bond acceptors (Lipinski definition) is 3. The van der Waals surface area contributed by atoms with E-state index in [0.29, 0.717) is 17.0 Å². The third-order valence-corrected chi connectivity index (χ3v) is 4.34. The summed E-state index contributed by atoms with van der Waals surface area (Å²) in [6, 6.07) is 10.1. The highest BCUT2D eigenvalue weighted by molar-refractivity contribution is 6.29. The summed E-state index contributed by atoms with van der Waals surface area (Å²) < 4.78 is 2.19. The van der Waals surface area contributed by atoms with E-state index in [1.54, 1.807) is 0 Å². The zero-order valence-electron chi connectivity index (χ0n) is 11.9. The van der Waals surface area contributed by atoms with Crippen LogP contribution in [0.15, 0.2) is 30.3 Å². The second kappa shape index (κ2) is 4.53. The zero-order valence-corrected chi connectivity index (χ0v) is 12.7. The van der Waals surface area contributed by atoms with Crippen LogP contribution in [-0.2, 0) is 7.05 Å². The highest BCUT2D eigenvalue weighted by atomic mass is 35.5. The lowest BCUT2D eigenvalue weighted by Gasteiger charge is -2.03. The molecule has 0 bridgehead atoms. The quantitative estimate of drug-likeness (QED) is 0.679. The molecule has 0 amide bonds. The summed E-state index contributed by atoms with van der Waals surface area (Å²) in [4.78, 5) is 13.4. The molecule has 1 unspecified atom stereocenters. The van der Waals surface area contributed by atoms with Gasteiger partial charge in [-0.1, -0.05) is 23.7 Å². The Morgan fingerprint density at radius 2 is 1.95 bits per heavy atom. The number of fused-ring (bicyclic) bond motifs is 1. The standard InChI is InChI=1S/C16H15ClN4/c1-9-18-13(8-15(17)19-9)10-7-11(10)16-20-12-5-3-4-6-14(12)21(16)2/h3-6,8,10-11H,7H2,1-2H3/t10-,11?/m1/s1. The Morgan fingerprint density at radius 3 is 2.71 bits per heavy atom. The van der Waals surface area contributed by atoms with Crippen LogP contribution in [-0.4, -0.2) is 19.5 Å². The lowest BCUT2D eigenvalue weighted by atomic mass is 10.2. The van der Waals surface area contributed by atoms with Gasteiger partial charge in [-0.15, -0.1) is 0 Å². The smallest absolute Gasteiger partial charge is 0.133 e. The van der Waals surface area contributed by atoms with Crippen LogP contribution >= 0.6 is 11.6 Å². The van der Waals surface area contributed by atoms with Crippen LogP contribution < -0.4 is 0 Å². The maximum absolute atomic E-state index is 6.04. The number of aryl methyl sites for hydroxylation is 2. The van der Waals surface area contributed by atoms with Gasteiger partial charge in [-0.3, -0.25) is 0 Å². The summed E-state index contributed by atoms with van der Waals surface area (Å²) in [6.07, 6.45) is 1.07. The van der Waals surface area contributed by atoms with Crippen LogP contribution in [0.3, 0.4) is 0 Å². The van der Waals surface area contributed by atoms with Crippen molar-refractivity contribution in [2.75, 3.05) is 0 Å². The summed E-state index contributed by atoms with van der Waals surface area (Å²) in [5.41, 5.74) is 3.26. The number of halogens is 1. The van der Waals surface area contributed by atoms with Gasteiger partial charge in [-0.05, 0) is 31.5 Å². The largest absolute Gasteiger partial charge is 0.331 e. The van der Waals surface area contributed by atoms with Gasteiger partial charge in [0.1, 0.15) is 16.8 Å². The van der Waals surface area contributed by atoms with Crippen molar-refractivity contribution in [1.82, 2.24) is 19.5 Å². The van der Waals surface area contributed by atoms with E-state index in [-0.39, 0.29) is 0 Å². The van der Waals surface area contributed by atoms with Gasteiger partial charge in [0.05, 0.1) is 11.0 Å². The molecule has 1 aliphatic rings. The Bertz CT molecular complexity index is 819. The van der Waals surface area contributed by atoms with Gasteiger partial charge >= 0.3 is 0 Å². The summed E-state index contributed by atoms with van der Waals surface area (Å²) in [5, 5.41) is 0.521. The lowest BCUT2D eigenvalue weighted by Crippen LogP contribution is -1.99. The summed E-state index contributed by atoms with van der Waals surface area (Å²) in [7, 11) is 2.08. The second-order valence-electron chi connectivity index (χ2n) is 5.63. The molecular weight excluding hydrogens is 284 g/mol. The molecule has 5 heteroatoms. The lowest BCUT2D eigenvalue weighted by molar-refractivity contribution is 0.795. The molecule has 106 valence electrons. The highest BCUT2D eigenvalue weighted by Crippen LogP contribution is 2.54. The fourth-order valence-corrected chi connectivity index (χ4v) is 3.28. The van der Waals surface area contributed by atoms with Crippen molar-refractivity contribution in [3.63, 3.8) is 0 Å². The van der Waals surface area contributed by atoms with E-state index in [1.807, 2.05) is 25.1 Å². The average molecular weight is 299 g/mol. The first kappa shape index (κ1) is 12.8. The van der Waals surface area contributed by atoms with E-state index < -0.39 is 0 Å². The van der Waals surface area contributed by atoms with E-state index in [1.165, 1.54) is 5.52 Å². The third kappa shape index (κ3) is 2.10. The van der Waals surface area contributed by atoms with Crippen LogP contribution in [0.5, 0.6) is 0 Å². The molecule has 4 rings (SSSR count). The van der Waals surface area contributed by atoms with E-state index in [9.17, 15) is 0 Å². The molecule has 0 spiro atoms. The Morgan fingerprint density at radius 1 is 1.14 bits per heavy atom. The van der Waals surface area contributed by atoms with E-state index in [2.05, 4.69) is 33.7 Å². The molecule has 1 saturated carbocycles. The number of para-hydroxylation sites is 2. The van der Waals surface area contributed by atoms with Crippen molar-refractivity contribution in [1.29, 1.82) is 0 Å². The van der Waals surface area contributed by atoms with Crippen molar-refractivity contribution in [2.45, 2.75) is 25.2 Å². The van der Waals surface area contributed by atoms with E-state index in [4.69, 9.17) is 16.6 Å². The van der Waals surface area contributed by atoms with Crippen molar-refractivity contribution in [2.24, 2.45) is 7.05 Å². The van der Waals surface area contributed by atoms with Gasteiger partial charge < -0.3 is 4.57 Å². The number of rotatable bonds is 2. The molecule has 0 aliphatic heterocycles. The van der Waals surface area contributed by atoms with Crippen LogP contribution in [0.4, 0.5) is 0 Å². The normalized spacial score (nSPS) is 20.9. The molecular formula is C16H15ClN4. The van der Waals surface area contributed by atoms with Gasteiger partial charge in [0.15, 0.2) is 0 Å².